The van der Waals surface area contributed by atoms with Crippen LogP contribution < -0.4 is 19.7 Å². The molecule has 0 unspecified atom stereocenters. The first kappa shape index (κ1) is 22.8. The van der Waals surface area contributed by atoms with Crippen LogP contribution in [0.25, 0.3) is 0 Å². The summed E-state index contributed by atoms with van der Waals surface area (Å²) in [5.74, 6) is 0.239. The third-order valence-electron chi connectivity index (χ3n) is 4.81. The predicted octanol–water partition coefficient (Wildman–Crippen LogP) is 2.59. The Bertz CT molecular complexity index is 1040. The van der Waals surface area contributed by atoms with Crippen molar-refractivity contribution in [3.8, 4) is 5.75 Å². The van der Waals surface area contributed by atoms with E-state index in [-0.39, 0.29) is 24.7 Å². The summed E-state index contributed by atoms with van der Waals surface area (Å²) >= 11 is 0. The number of rotatable bonds is 8. The molecule has 0 spiro atoms. The number of anilines is 2. The molecule has 31 heavy (non-hydrogen) atoms. The number of hydrogen-bond donors (Lipinski definition) is 2. The van der Waals surface area contributed by atoms with Crippen molar-refractivity contribution in [2.75, 3.05) is 35.6 Å². The quantitative estimate of drug-likeness (QED) is 0.641. The normalized spacial score (nSPS) is 14.2. The second kappa shape index (κ2) is 9.95. The second-order valence-corrected chi connectivity index (χ2v) is 9.32. The fraction of sp³-hybridized carbons (Fsp3) is 0.429. The number of hydrogen-bond acceptors (Lipinski definition) is 6. The molecule has 0 aliphatic carbocycles. The van der Waals surface area contributed by atoms with Crippen LogP contribution in [0.15, 0.2) is 30.3 Å². The Balaban J connectivity index is 1.56. The Labute approximate surface area is 181 Å². The molecule has 0 saturated carbocycles. The van der Waals surface area contributed by atoms with Gasteiger partial charge in [-0.15, -0.1) is 0 Å². The van der Waals surface area contributed by atoms with Gasteiger partial charge < -0.3 is 15.0 Å². The van der Waals surface area contributed by atoms with E-state index in [1.165, 1.54) is 24.6 Å². The number of sulfonamides is 1. The first-order valence-corrected chi connectivity index (χ1v) is 12.0. The van der Waals surface area contributed by atoms with E-state index in [1.807, 2.05) is 19.1 Å². The van der Waals surface area contributed by atoms with Crippen LogP contribution in [0.2, 0.25) is 0 Å². The zero-order valence-corrected chi connectivity index (χ0v) is 18.5. The van der Waals surface area contributed by atoms with E-state index in [9.17, 15) is 17.6 Å². The lowest BCUT2D eigenvalue weighted by atomic mass is 10.1. The maximum Gasteiger partial charge on any atom is 0.258 e. The summed E-state index contributed by atoms with van der Waals surface area (Å²) in [5.41, 5.74) is 1.24. The minimum Gasteiger partial charge on any atom is -0.480 e. The minimum absolute atomic E-state index is 0.0867. The summed E-state index contributed by atoms with van der Waals surface area (Å²) in [4.78, 5) is 19.0. The van der Waals surface area contributed by atoms with Gasteiger partial charge in [0.15, 0.2) is 18.2 Å². The average Bonchev–Trinajstić information content (AvgIpc) is 2.73. The van der Waals surface area contributed by atoms with Gasteiger partial charge in [0.05, 0.1) is 11.9 Å². The summed E-state index contributed by atoms with van der Waals surface area (Å²) in [5, 5.41) is 2.67. The first-order chi connectivity index (χ1) is 14.7. The maximum absolute atomic E-state index is 14.1. The number of ether oxygens (including phenoxy) is 1. The van der Waals surface area contributed by atoms with E-state index < -0.39 is 15.8 Å². The molecule has 2 heterocycles. The number of aromatic nitrogens is 1. The fourth-order valence-electron chi connectivity index (χ4n) is 3.32. The molecule has 1 saturated heterocycles. The van der Waals surface area contributed by atoms with Crippen molar-refractivity contribution in [2.24, 2.45) is 0 Å². The molecule has 1 aliphatic rings. The number of nitrogens with one attached hydrogen (secondary N) is 2. The van der Waals surface area contributed by atoms with E-state index >= 15 is 0 Å². The van der Waals surface area contributed by atoms with Crippen LogP contribution in [0.4, 0.5) is 15.9 Å². The predicted molar refractivity (Wildman–Crippen MR) is 117 cm³/mol. The van der Waals surface area contributed by atoms with E-state index in [0.29, 0.717) is 11.3 Å². The molecule has 1 amide bonds. The third kappa shape index (κ3) is 6.81. The van der Waals surface area contributed by atoms with Crippen molar-refractivity contribution >= 4 is 27.4 Å². The monoisotopic (exact) mass is 450 g/mol. The van der Waals surface area contributed by atoms with Crippen LogP contribution in [0, 0.1) is 12.7 Å². The van der Waals surface area contributed by atoms with E-state index in [1.54, 1.807) is 0 Å². The second-order valence-electron chi connectivity index (χ2n) is 7.58. The Kier molecular flexibility index (Phi) is 7.32. The highest BCUT2D eigenvalue weighted by Crippen LogP contribution is 2.28. The number of carbonyl (C=O) groups excluding carboxylic acids is 1. The van der Waals surface area contributed by atoms with Gasteiger partial charge in [-0.2, -0.15) is 0 Å². The summed E-state index contributed by atoms with van der Waals surface area (Å²) in [6.45, 7) is 3.63. The van der Waals surface area contributed by atoms with Crippen molar-refractivity contribution < 1.29 is 22.3 Å². The van der Waals surface area contributed by atoms with Crippen LogP contribution >= 0.6 is 0 Å². The zero-order valence-electron chi connectivity index (χ0n) is 17.7. The number of halogens is 1. The molecule has 168 valence electrons. The highest BCUT2D eigenvalue weighted by molar-refractivity contribution is 7.92. The van der Waals surface area contributed by atoms with Crippen LogP contribution in [-0.2, 0) is 21.4 Å². The van der Waals surface area contributed by atoms with Gasteiger partial charge in [0.25, 0.3) is 5.91 Å². The number of benzene rings is 1. The van der Waals surface area contributed by atoms with E-state index in [2.05, 4.69) is 19.9 Å². The molecule has 0 atom stereocenters. The highest BCUT2D eigenvalue weighted by atomic mass is 32.2. The summed E-state index contributed by atoms with van der Waals surface area (Å²) in [6.07, 6.45) is 4.35. The smallest absolute Gasteiger partial charge is 0.258 e. The van der Waals surface area contributed by atoms with Crippen molar-refractivity contribution in [3.05, 3.63) is 47.4 Å². The number of pyridine rings is 1. The molecule has 1 fully saturated rings. The van der Waals surface area contributed by atoms with Gasteiger partial charge in [-0.1, -0.05) is 6.07 Å². The number of amides is 1. The van der Waals surface area contributed by atoms with Crippen molar-refractivity contribution in [1.29, 1.82) is 0 Å². The van der Waals surface area contributed by atoms with Crippen molar-refractivity contribution in [2.45, 2.75) is 32.7 Å². The molecule has 10 heteroatoms. The Hall–Kier alpha value is -2.88. The van der Waals surface area contributed by atoms with Gasteiger partial charge >= 0.3 is 0 Å². The Morgan fingerprint density at radius 1 is 1.19 bits per heavy atom. The molecule has 0 radical (unpaired) electrons. The number of aryl methyl sites for hydroxylation is 1. The number of nitrogens with zero attached hydrogens (tertiary/aromatic N) is 2. The van der Waals surface area contributed by atoms with Crippen LogP contribution in [0.1, 0.15) is 30.5 Å². The molecule has 1 aliphatic heterocycles. The van der Waals surface area contributed by atoms with E-state index in [4.69, 9.17) is 4.74 Å². The average molecular weight is 451 g/mol. The van der Waals surface area contributed by atoms with Gasteiger partial charge in [-0.25, -0.2) is 17.8 Å². The molecule has 2 aromatic rings. The fourth-order valence-corrected chi connectivity index (χ4v) is 3.89. The largest absolute Gasteiger partial charge is 0.480 e. The van der Waals surface area contributed by atoms with Crippen LogP contribution in [-0.4, -0.2) is 45.3 Å². The van der Waals surface area contributed by atoms with Gasteiger partial charge in [0.2, 0.25) is 10.0 Å². The van der Waals surface area contributed by atoms with Crippen molar-refractivity contribution in [1.82, 2.24) is 10.3 Å². The lowest BCUT2D eigenvalue weighted by Gasteiger charge is -2.29. The van der Waals surface area contributed by atoms with Crippen LogP contribution in [0.3, 0.4) is 0 Å². The molecular formula is C21H27FN4O4S. The molecule has 3 rings (SSSR count). The minimum atomic E-state index is -3.57. The number of piperidine rings is 1. The Morgan fingerprint density at radius 3 is 2.61 bits per heavy atom. The van der Waals surface area contributed by atoms with Crippen molar-refractivity contribution in [3.63, 3.8) is 0 Å². The highest BCUT2D eigenvalue weighted by Gasteiger charge is 2.18. The summed E-state index contributed by atoms with van der Waals surface area (Å²) in [7, 11) is -3.57. The SMILES string of the molecule is Cc1ccc(OCC(=O)NCc2ccc(NS(C)(=O)=O)c(F)c2)c(N2CCCCC2)n1. The van der Waals surface area contributed by atoms with Gasteiger partial charge in [-0.05, 0) is 56.0 Å². The first-order valence-electron chi connectivity index (χ1n) is 10.1. The molecule has 1 aromatic carbocycles. The van der Waals surface area contributed by atoms with Gasteiger partial charge in [0.1, 0.15) is 5.82 Å². The third-order valence-corrected chi connectivity index (χ3v) is 5.40. The maximum atomic E-state index is 14.1. The van der Waals surface area contributed by atoms with Gasteiger partial charge in [0, 0.05) is 25.3 Å². The molecule has 1 aromatic heterocycles. The van der Waals surface area contributed by atoms with Gasteiger partial charge in [-0.3, -0.25) is 9.52 Å². The summed E-state index contributed by atoms with van der Waals surface area (Å²) < 4.78 is 44.3. The summed E-state index contributed by atoms with van der Waals surface area (Å²) in [6, 6.07) is 7.69. The standard InChI is InChI=1S/C21H27FN4O4S/c1-15-6-9-19(21(24-15)26-10-4-3-5-11-26)30-14-20(27)23-13-16-7-8-18(17(22)12-16)25-31(2,28)29/h6-9,12,25H,3-5,10-11,13-14H2,1-2H3,(H,23,27). The molecule has 8 nitrogen and oxygen atoms in total. The zero-order chi connectivity index (χ0) is 22.4. The topological polar surface area (TPSA) is 101 Å². The lowest BCUT2D eigenvalue weighted by molar-refractivity contribution is -0.123. The van der Waals surface area contributed by atoms with Crippen LogP contribution in [0.5, 0.6) is 5.75 Å². The number of carbonyl (C=O) groups is 1. The molecular weight excluding hydrogens is 423 g/mol. The lowest BCUT2D eigenvalue weighted by Crippen LogP contribution is -2.32. The molecule has 2 N–H and O–H groups in total. The molecule has 0 bridgehead atoms. The van der Waals surface area contributed by atoms with E-state index in [0.717, 1.165) is 43.7 Å². The Morgan fingerprint density at radius 2 is 1.94 bits per heavy atom.